The predicted octanol–water partition coefficient (Wildman–Crippen LogP) is 4.15. The van der Waals surface area contributed by atoms with Crippen LogP contribution in [0.5, 0.6) is 0 Å². The van der Waals surface area contributed by atoms with E-state index in [9.17, 15) is 5.11 Å². The lowest BCUT2D eigenvalue weighted by Crippen LogP contribution is -2.18. The highest BCUT2D eigenvalue weighted by Crippen LogP contribution is 2.34. The molecular formula is C18H20O2S. The number of aliphatic hydroxyl groups is 1. The molecule has 2 aromatic rings. The van der Waals surface area contributed by atoms with Crippen molar-refractivity contribution in [1.29, 1.82) is 0 Å². The lowest BCUT2D eigenvalue weighted by Gasteiger charge is -2.27. The molecule has 0 radical (unpaired) electrons. The van der Waals surface area contributed by atoms with Crippen molar-refractivity contribution >= 4 is 11.8 Å². The summed E-state index contributed by atoms with van der Waals surface area (Å²) in [5, 5.41) is 10.5. The van der Waals surface area contributed by atoms with Crippen LogP contribution in [0.4, 0.5) is 0 Å². The number of aliphatic hydroxyl groups excluding tert-OH is 1. The zero-order chi connectivity index (χ0) is 14.7. The largest absolute Gasteiger partial charge is 0.388 e. The molecule has 0 spiro atoms. The Balaban J connectivity index is 1.74. The molecule has 1 aliphatic rings. The molecule has 0 saturated carbocycles. The molecule has 2 atom stereocenters. The zero-order valence-electron chi connectivity index (χ0n) is 12.2. The number of benzene rings is 2. The average Bonchev–Trinajstić information content (AvgIpc) is 2.55. The Morgan fingerprint density at radius 1 is 1.19 bits per heavy atom. The standard InChI is InChI=1S/C18H20O2S/c1-21-15-8-6-14(7-9-15)17(19)12-18-16-5-3-2-4-13(16)10-11-20-18/h2-9,17-19H,10-12H2,1H3. The van der Waals surface area contributed by atoms with Gasteiger partial charge in [-0.2, -0.15) is 0 Å². The Labute approximate surface area is 130 Å². The minimum absolute atomic E-state index is 0.00910. The predicted molar refractivity (Wildman–Crippen MR) is 86.6 cm³/mol. The van der Waals surface area contributed by atoms with Crippen LogP contribution in [0.25, 0.3) is 0 Å². The first-order chi connectivity index (χ1) is 10.3. The second kappa shape index (κ2) is 6.65. The zero-order valence-corrected chi connectivity index (χ0v) is 13.0. The molecular weight excluding hydrogens is 280 g/mol. The van der Waals surface area contributed by atoms with E-state index in [0.29, 0.717) is 6.42 Å². The molecule has 0 saturated heterocycles. The van der Waals surface area contributed by atoms with E-state index in [4.69, 9.17) is 4.74 Å². The van der Waals surface area contributed by atoms with Crippen LogP contribution in [0.2, 0.25) is 0 Å². The summed E-state index contributed by atoms with van der Waals surface area (Å²) in [5.41, 5.74) is 3.53. The van der Waals surface area contributed by atoms with Crippen LogP contribution in [0.3, 0.4) is 0 Å². The van der Waals surface area contributed by atoms with Crippen molar-refractivity contribution in [3.63, 3.8) is 0 Å². The van der Waals surface area contributed by atoms with Crippen LogP contribution in [0.15, 0.2) is 53.4 Å². The minimum atomic E-state index is -0.489. The van der Waals surface area contributed by atoms with E-state index in [2.05, 4.69) is 36.6 Å². The fourth-order valence-corrected chi connectivity index (χ4v) is 3.25. The fraction of sp³-hybridized carbons (Fsp3) is 0.333. The molecule has 1 N–H and O–H groups in total. The van der Waals surface area contributed by atoms with Gasteiger partial charge < -0.3 is 9.84 Å². The maximum Gasteiger partial charge on any atom is 0.0855 e. The van der Waals surface area contributed by atoms with Gasteiger partial charge in [0, 0.05) is 11.3 Å². The second-order valence-electron chi connectivity index (χ2n) is 5.33. The third-order valence-corrected chi connectivity index (χ3v) is 4.77. The highest BCUT2D eigenvalue weighted by atomic mass is 32.2. The molecule has 1 heterocycles. The van der Waals surface area contributed by atoms with E-state index in [1.165, 1.54) is 16.0 Å². The lowest BCUT2D eigenvalue weighted by molar-refractivity contribution is 0.00376. The van der Waals surface area contributed by atoms with Crippen molar-refractivity contribution in [2.24, 2.45) is 0 Å². The Morgan fingerprint density at radius 3 is 2.71 bits per heavy atom. The molecule has 0 amide bonds. The van der Waals surface area contributed by atoms with E-state index >= 15 is 0 Å². The summed E-state index contributed by atoms with van der Waals surface area (Å²) in [6.45, 7) is 0.736. The van der Waals surface area contributed by atoms with E-state index < -0.39 is 6.10 Å². The second-order valence-corrected chi connectivity index (χ2v) is 6.21. The SMILES string of the molecule is CSc1ccc(C(O)CC2OCCc3ccccc32)cc1. The summed E-state index contributed by atoms with van der Waals surface area (Å²) in [4.78, 5) is 1.21. The third-order valence-electron chi connectivity index (χ3n) is 4.03. The van der Waals surface area contributed by atoms with Gasteiger partial charge in [0.1, 0.15) is 0 Å². The van der Waals surface area contributed by atoms with Crippen LogP contribution in [0, 0.1) is 0 Å². The first-order valence-corrected chi connectivity index (χ1v) is 8.52. The summed E-state index contributed by atoms with van der Waals surface area (Å²) in [6.07, 6.45) is 3.13. The molecule has 2 aromatic carbocycles. The van der Waals surface area contributed by atoms with Gasteiger partial charge in [-0.15, -0.1) is 11.8 Å². The van der Waals surface area contributed by atoms with Crippen molar-refractivity contribution in [3.8, 4) is 0 Å². The van der Waals surface area contributed by atoms with Gasteiger partial charge >= 0.3 is 0 Å². The van der Waals surface area contributed by atoms with Crippen molar-refractivity contribution in [1.82, 2.24) is 0 Å². The maximum atomic E-state index is 10.5. The molecule has 0 aromatic heterocycles. The highest BCUT2D eigenvalue weighted by Gasteiger charge is 2.23. The van der Waals surface area contributed by atoms with Gasteiger partial charge in [0.25, 0.3) is 0 Å². The van der Waals surface area contributed by atoms with Gasteiger partial charge in [-0.1, -0.05) is 36.4 Å². The topological polar surface area (TPSA) is 29.5 Å². The summed E-state index contributed by atoms with van der Waals surface area (Å²) < 4.78 is 5.88. The van der Waals surface area contributed by atoms with Crippen molar-refractivity contribution < 1.29 is 9.84 Å². The molecule has 0 bridgehead atoms. The van der Waals surface area contributed by atoms with Gasteiger partial charge in [0.15, 0.2) is 0 Å². The van der Waals surface area contributed by atoms with Crippen LogP contribution < -0.4 is 0 Å². The van der Waals surface area contributed by atoms with E-state index in [-0.39, 0.29) is 6.10 Å². The number of ether oxygens (including phenoxy) is 1. The molecule has 0 aliphatic carbocycles. The molecule has 3 heteroatoms. The Bertz CT molecular complexity index is 594. The minimum Gasteiger partial charge on any atom is -0.388 e. The molecule has 21 heavy (non-hydrogen) atoms. The smallest absolute Gasteiger partial charge is 0.0855 e. The van der Waals surface area contributed by atoms with Crippen LogP contribution >= 0.6 is 11.8 Å². The lowest BCUT2D eigenvalue weighted by atomic mass is 9.92. The van der Waals surface area contributed by atoms with Crippen molar-refractivity contribution in [2.75, 3.05) is 12.9 Å². The summed E-state index contributed by atoms with van der Waals surface area (Å²) in [6, 6.07) is 16.5. The molecule has 0 fully saturated rings. The average molecular weight is 300 g/mol. The quantitative estimate of drug-likeness (QED) is 0.860. The number of rotatable bonds is 4. The number of hydrogen-bond donors (Lipinski definition) is 1. The van der Waals surface area contributed by atoms with Gasteiger partial charge in [0.05, 0.1) is 18.8 Å². The van der Waals surface area contributed by atoms with E-state index in [0.717, 1.165) is 18.6 Å². The van der Waals surface area contributed by atoms with Gasteiger partial charge in [0.2, 0.25) is 0 Å². The van der Waals surface area contributed by atoms with Crippen LogP contribution in [-0.2, 0) is 11.2 Å². The first kappa shape index (κ1) is 14.6. The summed E-state index contributed by atoms with van der Waals surface area (Å²) >= 11 is 1.71. The van der Waals surface area contributed by atoms with E-state index in [1.54, 1.807) is 11.8 Å². The summed E-state index contributed by atoms with van der Waals surface area (Å²) in [5.74, 6) is 0. The highest BCUT2D eigenvalue weighted by molar-refractivity contribution is 7.98. The van der Waals surface area contributed by atoms with E-state index in [1.807, 2.05) is 18.2 Å². The van der Waals surface area contributed by atoms with Gasteiger partial charge in [-0.05, 0) is 41.5 Å². The van der Waals surface area contributed by atoms with Gasteiger partial charge in [-0.3, -0.25) is 0 Å². The molecule has 1 aliphatic heterocycles. The molecule has 2 unspecified atom stereocenters. The fourth-order valence-electron chi connectivity index (χ4n) is 2.84. The Hall–Kier alpha value is -1.29. The number of thioether (sulfide) groups is 1. The number of fused-ring (bicyclic) bond motifs is 1. The van der Waals surface area contributed by atoms with Crippen LogP contribution in [-0.4, -0.2) is 18.0 Å². The van der Waals surface area contributed by atoms with Gasteiger partial charge in [-0.25, -0.2) is 0 Å². The molecule has 110 valence electrons. The van der Waals surface area contributed by atoms with Crippen molar-refractivity contribution in [2.45, 2.75) is 29.9 Å². The Kier molecular flexibility index (Phi) is 4.63. The molecule has 2 nitrogen and oxygen atoms in total. The molecule has 3 rings (SSSR count). The number of hydrogen-bond acceptors (Lipinski definition) is 3. The summed E-state index contributed by atoms with van der Waals surface area (Å²) in [7, 11) is 0. The first-order valence-electron chi connectivity index (χ1n) is 7.29. The normalized spacial score (nSPS) is 19.0. The third kappa shape index (κ3) is 3.31. The monoisotopic (exact) mass is 300 g/mol. The Morgan fingerprint density at radius 2 is 1.95 bits per heavy atom. The van der Waals surface area contributed by atoms with Crippen LogP contribution in [0.1, 0.15) is 35.3 Å². The maximum absolute atomic E-state index is 10.5. The van der Waals surface area contributed by atoms with Crippen molar-refractivity contribution in [3.05, 3.63) is 65.2 Å².